The van der Waals surface area contributed by atoms with Gasteiger partial charge in [-0.05, 0) is 31.4 Å². The zero-order chi connectivity index (χ0) is 15.2. The Morgan fingerprint density at radius 2 is 2.19 bits per heavy atom. The Hall–Kier alpha value is -1.67. The van der Waals surface area contributed by atoms with Crippen LogP contribution in [-0.2, 0) is 15.9 Å². The first kappa shape index (κ1) is 14.3. The first-order valence-electron chi connectivity index (χ1n) is 6.56. The molecule has 0 aliphatic carbocycles. The van der Waals surface area contributed by atoms with Crippen molar-refractivity contribution >= 4 is 23.7 Å². The van der Waals surface area contributed by atoms with Crippen molar-refractivity contribution in [3.8, 4) is 0 Å². The SMILES string of the molecule is CC1(C)COB(c2ccc3oc(=O)n(CC(F)F)c3c2)O1. The van der Waals surface area contributed by atoms with E-state index in [1.807, 2.05) is 13.8 Å². The molecule has 0 bridgehead atoms. The van der Waals surface area contributed by atoms with Gasteiger partial charge in [0.1, 0.15) is 0 Å². The van der Waals surface area contributed by atoms with E-state index in [4.69, 9.17) is 13.7 Å². The molecule has 112 valence electrons. The number of hydrogen-bond acceptors (Lipinski definition) is 4. The smallest absolute Gasteiger partial charge is 0.408 e. The molecule has 1 aliphatic rings. The fraction of sp³-hybridized carbons (Fsp3) is 0.462. The summed E-state index contributed by atoms with van der Waals surface area (Å²) in [4.78, 5) is 11.6. The predicted octanol–water partition coefficient (Wildman–Crippen LogP) is 1.38. The van der Waals surface area contributed by atoms with Gasteiger partial charge >= 0.3 is 12.9 Å². The summed E-state index contributed by atoms with van der Waals surface area (Å²) in [6.45, 7) is 3.53. The summed E-state index contributed by atoms with van der Waals surface area (Å²) < 4.78 is 42.3. The molecule has 3 rings (SSSR count). The highest BCUT2D eigenvalue weighted by molar-refractivity contribution is 6.62. The van der Waals surface area contributed by atoms with Gasteiger partial charge in [0, 0.05) is 0 Å². The standard InChI is InChI=1S/C13H14BF2NO4/c1-13(2)7-19-14(21-13)8-3-4-10-9(5-8)17(6-11(15)16)12(18)20-10/h3-5,11H,6-7H2,1-2H3. The number of rotatable bonds is 3. The number of alkyl halides is 2. The van der Waals surface area contributed by atoms with Gasteiger partial charge in [-0.1, -0.05) is 6.07 Å². The van der Waals surface area contributed by atoms with E-state index >= 15 is 0 Å². The molecule has 2 aromatic rings. The molecule has 2 heterocycles. The van der Waals surface area contributed by atoms with Crippen molar-refractivity contribution in [2.24, 2.45) is 0 Å². The van der Waals surface area contributed by atoms with Crippen LogP contribution in [0.25, 0.3) is 11.1 Å². The first-order chi connectivity index (χ1) is 9.85. The van der Waals surface area contributed by atoms with Crippen LogP contribution in [0.5, 0.6) is 0 Å². The monoisotopic (exact) mass is 297 g/mol. The van der Waals surface area contributed by atoms with Crippen molar-refractivity contribution < 1.29 is 22.5 Å². The van der Waals surface area contributed by atoms with Gasteiger partial charge in [0.05, 0.1) is 24.3 Å². The molecule has 1 aromatic carbocycles. The molecule has 0 radical (unpaired) electrons. The summed E-state index contributed by atoms with van der Waals surface area (Å²) in [5, 5.41) is 0. The maximum Gasteiger partial charge on any atom is 0.494 e. The molecule has 0 unspecified atom stereocenters. The number of aromatic nitrogens is 1. The maximum atomic E-state index is 12.6. The van der Waals surface area contributed by atoms with Crippen molar-refractivity contribution in [2.45, 2.75) is 32.4 Å². The van der Waals surface area contributed by atoms with Gasteiger partial charge in [0.15, 0.2) is 5.58 Å². The Balaban J connectivity index is 2.01. The van der Waals surface area contributed by atoms with E-state index in [1.165, 1.54) is 0 Å². The summed E-state index contributed by atoms with van der Waals surface area (Å²) >= 11 is 0. The Morgan fingerprint density at radius 1 is 1.43 bits per heavy atom. The molecule has 0 atom stereocenters. The second-order valence-electron chi connectivity index (χ2n) is 5.62. The second kappa shape index (κ2) is 4.96. The molecule has 0 amide bonds. The molecular formula is C13H14BF2NO4. The fourth-order valence-corrected chi connectivity index (χ4v) is 2.34. The van der Waals surface area contributed by atoms with E-state index in [0.717, 1.165) is 4.57 Å². The van der Waals surface area contributed by atoms with Crippen LogP contribution in [0.15, 0.2) is 27.4 Å². The van der Waals surface area contributed by atoms with Gasteiger partial charge in [-0.3, -0.25) is 4.57 Å². The zero-order valence-corrected chi connectivity index (χ0v) is 11.6. The van der Waals surface area contributed by atoms with Crippen molar-refractivity contribution in [3.05, 3.63) is 28.7 Å². The Morgan fingerprint density at radius 3 is 2.81 bits per heavy atom. The molecule has 0 saturated carbocycles. The van der Waals surface area contributed by atoms with E-state index in [0.29, 0.717) is 17.6 Å². The topological polar surface area (TPSA) is 53.6 Å². The highest BCUT2D eigenvalue weighted by Crippen LogP contribution is 2.21. The normalized spacial score (nSPS) is 18.0. The Bertz CT molecular complexity index is 725. The first-order valence-corrected chi connectivity index (χ1v) is 6.56. The third-order valence-corrected chi connectivity index (χ3v) is 3.29. The fourth-order valence-electron chi connectivity index (χ4n) is 2.34. The molecule has 1 aromatic heterocycles. The van der Waals surface area contributed by atoms with Gasteiger partial charge in [-0.15, -0.1) is 0 Å². The molecule has 1 aliphatic heterocycles. The van der Waals surface area contributed by atoms with Crippen LogP contribution in [0.4, 0.5) is 8.78 Å². The van der Waals surface area contributed by atoms with Crippen LogP contribution in [0.2, 0.25) is 0 Å². The molecule has 1 saturated heterocycles. The predicted molar refractivity (Wildman–Crippen MR) is 73.0 cm³/mol. The lowest BCUT2D eigenvalue weighted by molar-refractivity contribution is 0.125. The van der Waals surface area contributed by atoms with Crippen molar-refractivity contribution in [2.75, 3.05) is 6.61 Å². The number of fused-ring (bicyclic) bond motifs is 1. The third kappa shape index (κ3) is 2.73. The highest BCUT2D eigenvalue weighted by Gasteiger charge is 2.38. The average Bonchev–Trinajstić information content (AvgIpc) is 2.90. The van der Waals surface area contributed by atoms with Crippen LogP contribution in [-0.4, -0.2) is 30.3 Å². The van der Waals surface area contributed by atoms with Crippen LogP contribution < -0.4 is 11.2 Å². The average molecular weight is 297 g/mol. The van der Waals surface area contributed by atoms with E-state index < -0.39 is 31.4 Å². The lowest BCUT2D eigenvalue weighted by atomic mass is 9.79. The van der Waals surface area contributed by atoms with Crippen LogP contribution in [0, 0.1) is 0 Å². The molecule has 0 spiro atoms. The van der Waals surface area contributed by atoms with Gasteiger partial charge in [0.2, 0.25) is 0 Å². The van der Waals surface area contributed by atoms with Crippen molar-refractivity contribution in [1.29, 1.82) is 0 Å². The summed E-state index contributed by atoms with van der Waals surface area (Å²) in [6, 6.07) is 4.85. The van der Waals surface area contributed by atoms with E-state index in [-0.39, 0.29) is 5.58 Å². The minimum atomic E-state index is -2.63. The Labute approximate surface area is 119 Å². The maximum absolute atomic E-state index is 12.6. The van der Waals surface area contributed by atoms with E-state index in [1.54, 1.807) is 18.2 Å². The largest absolute Gasteiger partial charge is 0.494 e. The molecule has 8 heteroatoms. The van der Waals surface area contributed by atoms with Gasteiger partial charge in [0.25, 0.3) is 6.43 Å². The third-order valence-electron chi connectivity index (χ3n) is 3.29. The number of halogens is 2. The molecule has 0 N–H and O–H groups in total. The minimum Gasteiger partial charge on any atom is -0.408 e. The lowest BCUT2D eigenvalue weighted by Crippen LogP contribution is -2.34. The number of benzene rings is 1. The van der Waals surface area contributed by atoms with E-state index in [9.17, 15) is 13.6 Å². The second-order valence-corrected chi connectivity index (χ2v) is 5.62. The summed E-state index contributed by atoms with van der Waals surface area (Å²) in [7, 11) is -0.575. The van der Waals surface area contributed by atoms with Crippen LogP contribution >= 0.6 is 0 Å². The number of hydrogen-bond donors (Lipinski definition) is 0. The summed E-state index contributed by atoms with van der Waals surface area (Å²) in [6.07, 6.45) is -2.63. The number of oxazole rings is 1. The van der Waals surface area contributed by atoms with E-state index in [2.05, 4.69) is 0 Å². The molecule has 5 nitrogen and oxygen atoms in total. The minimum absolute atomic E-state index is 0.265. The quantitative estimate of drug-likeness (QED) is 0.803. The van der Waals surface area contributed by atoms with Crippen LogP contribution in [0.1, 0.15) is 13.8 Å². The van der Waals surface area contributed by atoms with Gasteiger partial charge in [-0.2, -0.15) is 0 Å². The van der Waals surface area contributed by atoms with Crippen LogP contribution in [0.3, 0.4) is 0 Å². The van der Waals surface area contributed by atoms with Crippen molar-refractivity contribution in [3.63, 3.8) is 0 Å². The van der Waals surface area contributed by atoms with Gasteiger partial charge in [-0.25, -0.2) is 13.6 Å². The summed E-state index contributed by atoms with van der Waals surface area (Å²) in [5.41, 5.74) is 0.840. The summed E-state index contributed by atoms with van der Waals surface area (Å²) in [5.74, 6) is -0.795. The molecule has 1 fully saturated rings. The Kier molecular flexibility index (Phi) is 3.37. The highest BCUT2D eigenvalue weighted by atomic mass is 19.3. The zero-order valence-electron chi connectivity index (χ0n) is 11.6. The van der Waals surface area contributed by atoms with Crippen molar-refractivity contribution in [1.82, 2.24) is 4.57 Å². The molecule has 21 heavy (non-hydrogen) atoms. The lowest BCUT2D eigenvalue weighted by Gasteiger charge is -2.15. The van der Waals surface area contributed by atoms with Gasteiger partial charge < -0.3 is 13.7 Å². The molecular weight excluding hydrogens is 283 g/mol. The number of nitrogens with zero attached hydrogens (tertiary/aromatic N) is 1.